The number of unbranched alkanes of at least 4 members (excludes halogenated alkanes) is 13. The molecule has 270 valence electrons. The SMILES string of the molecule is CCCCCCCCCCCCCCCCOCCCOP(=S)(CO[C@H](C)Cn1cnc2c(N)ncnc21)N[C@@H](C)C(=O)OC(C)C. The minimum absolute atomic E-state index is 0.145. The Labute approximate surface area is 289 Å². The van der Waals surface area contributed by atoms with E-state index in [1.807, 2.05) is 25.3 Å². The number of nitrogens with one attached hydrogen (secondary N) is 1. The number of nitrogen functional groups attached to an aromatic ring is 1. The quantitative estimate of drug-likeness (QED) is 0.0487. The monoisotopic (exact) mass is 698 g/mol. The predicted molar refractivity (Wildman–Crippen MR) is 195 cm³/mol. The summed E-state index contributed by atoms with van der Waals surface area (Å²) in [7, 11) is 0. The summed E-state index contributed by atoms with van der Waals surface area (Å²) in [5, 5.41) is 3.22. The number of imidazole rings is 1. The number of fused-ring (bicyclic) bond motifs is 1. The number of ether oxygens (including phenoxy) is 3. The van der Waals surface area contributed by atoms with Crippen LogP contribution >= 0.6 is 6.42 Å². The van der Waals surface area contributed by atoms with Crippen LogP contribution in [0.15, 0.2) is 12.7 Å². The zero-order valence-corrected chi connectivity index (χ0v) is 31.5. The summed E-state index contributed by atoms with van der Waals surface area (Å²) in [5.41, 5.74) is 7.11. The molecule has 0 spiro atoms. The molecule has 3 atom stereocenters. The molecule has 2 aromatic rings. The first-order valence-corrected chi connectivity index (χ1v) is 20.9. The van der Waals surface area contributed by atoms with Crippen LogP contribution in [0.1, 0.15) is 131 Å². The van der Waals surface area contributed by atoms with Crippen molar-refractivity contribution in [2.24, 2.45) is 0 Å². The molecular weight excluding hydrogens is 635 g/mol. The van der Waals surface area contributed by atoms with Gasteiger partial charge in [0.2, 0.25) is 0 Å². The zero-order chi connectivity index (χ0) is 34.3. The molecule has 13 heteroatoms. The van der Waals surface area contributed by atoms with Crippen molar-refractivity contribution >= 4 is 41.2 Å². The maximum Gasteiger partial charge on any atom is 0.323 e. The second-order valence-corrected chi connectivity index (χ2v) is 16.7. The highest BCUT2D eigenvalue weighted by Gasteiger charge is 2.27. The first-order valence-electron chi connectivity index (χ1n) is 18.0. The van der Waals surface area contributed by atoms with Gasteiger partial charge in [0.05, 0.1) is 31.7 Å². The molecule has 11 nitrogen and oxygen atoms in total. The number of nitrogens with zero attached hydrogens (tertiary/aromatic N) is 4. The lowest BCUT2D eigenvalue weighted by Gasteiger charge is -2.28. The van der Waals surface area contributed by atoms with Crippen molar-refractivity contribution in [1.29, 1.82) is 0 Å². The number of nitrogens with two attached hydrogens (primary N) is 1. The van der Waals surface area contributed by atoms with Crippen LogP contribution in [0, 0.1) is 0 Å². The van der Waals surface area contributed by atoms with Crippen LogP contribution in [0.3, 0.4) is 0 Å². The summed E-state index contributed by atoms with van der Waals surface area (Å²) in [6.07, 6.45) is 19.6. The molecule has 0 aromatic carbocycles. The van der Waals surface area contributed by atoms with Crippen molar-refractivity contribution in [2.75, 3.05) is 31.9 Å². The highest BCUT2D eigenvalue weighted by Crippen LogP contribution is 2.44. The Bertz CT molecular complexity index is 1170. The number of rotatable bonds is 29. The molecule has 0 aliphatic heterocycles. The second-order valence-electron chi connectivity index (χ2n) is 12.8. The van der Waals surface area contributed by atoms with Crippen LogP contribution in [-0.4, -0.2) is 69.9 Å². The molecule has 0 saturated heterocycles. The van der Waals surface area contributed by atoms with E-state index in [9.17, 15) is 4.79 Å². The van der Waals surface area contributed by atoms with Crippen LogP contribution in [0.5, 0.6) is 0 Å². The number of hydrogen-bond acceptors (Lipinski definition) is 10. The van der Waals surface area contributed by atoms with Gasteiger partial charge in [0.1, 0.15) is 24.2 Å². The molecule has 2 rings (SSSR count). The first-order chi connectivity index (χ1) is 22.6. The van der Waals surface area contributed by atoms with E-state index in [-0.39, 0.29) is 24.5 Å². The van der Waals surface area contributed by atoms with Crippen molar-refractivity contribution in [3.63, 3.8) is 0 Å². The number of carbonyl (C=O) groups is 1. The number of anilines is 1. The molecule has 47 heavy (non-hydrogen) atoms. The maximum absolute atomic E-state index is 12.5. The van der Waals surface area contributed by atoms with Crippen molar-refractivity contribution in [3.8, 4) is 0 Å². The van der Waals surface area contributed by atoms with E-state index in [4.69, 9.17) is 36.3 Å². The van der Waals surface area contributed by atoms with E-state index in [1.54, 1.807) is 13.3 Å². The minimum Gasteiger partial charge on any atom is -0.462 e. The number of esters is 1. The smallest absolute Gasteiger partial charge is 0.323 e. The van der Waals surface area contributed by atoms with E-state index in [0.29, 0.717) is 43.2 Å². The highest BCUT2D eigenvalue weighted by molar-refractivity contribution is 8.11. The molecule has 2 aromatic heterocycles. The van der Waals surface area contributed by atoms with Gasteiger partial charge in [-0.15, -0.1) is 0 Å². The molecular formula is C34H63N6O5PS. The third kappa shape index (κ3) is 18.0. The first kappa shape index (κ1) is 41.5. The molecule has 1 unspecified atom stereocenters. The minimum atomic E-state index is -2.73. The Hall–Kier alpha value is -1.69. The summed E-state index contributed by atoms with van der Waals surface area (Å²) in [5.74, 6) is -0.0363. The third-order valence-corrected chi connectivity index (χ3v) is 10.7. The molecule has 0 fully saturated rings. The zero-order valence-electron chi connectivity index (χ0n) is 29.8. The third-order valence-electron chi connectivity index (χ3n) is 7.88. The summed E-state index contributed by atoms with van der Waals surface area (Å²) in [4.78, 5) is 25.1. The van der Waals surface area contributed by atoms with Gasteiger partial charge >= 0.3 is 5.97 Å². The summed E-state index contributed by atoms with van der Waals surface area (Å²) >= 11 is 5.94. The number of carbonyl (C=O) groups excluding carboxylic acids is 1. The van der Waals surface area contributed by atoms with E-state index < -0.39 is 12.5 Å². The Morgan fingerprint density at radius 1 is 0.872 bits per heavy atom. The van der Waals surface area contributed by atoms with E-state index in [0.717, 1.165) is 13.0 Å². The van der Waals surface area contributed by atoms with Crippen LogP contribution in [-0.2, 0) is 41.9 Å². The van der Waals surface area contributed by atoms with Gasteiger partial charge in [-0.1, -0.05) is 90.4 Å². The maximum atomic E-state index is 12.5. The number of hydrogen-bond donors (Lipinski definition) is 2. The predicted octanol–water partition coefficient (Wildman–Crippen LogP) is 7.91. The average Bonchev–Trinajstić information content (AvgIpc) is 3.44. The second kappa shape index (κ2) is 24.4. The molecule has 0 bridgehead atoms. The van der Waals surface area contributed by atoms with Crippen LogP contribution in [0.2, 0.25) is 0 Å². The van der Waals surface area contributed by atoms with Crippen molar-refractivity contribution in [3.05, 3.63) is 12.7 Å². The van der Waals surface area contributed by atoms with Gasteiger partial charge < -0.3 is 29.0 Å². The molecule has 0 amide bonds. The van der Waals surface area contributed by atoms with Crippen molar-refractivity contribution < 1.29 is 23.5 Å². The van der Waals surface area contributed by atoms with Gasteiger partial charge in [-0.05, 0) is 52.3 Å². The largest absolute Gasteiger partial charge is 0.462 e. The Morgan fingerprint density at radius 2 is 1.47 bits per heavy atom. The Balaban J connectivity index is 1.64. The van der Waals surface area contributed by atoms with Gasteiger partial charge in [-0.3, -0.25) is 9.88 Å². The lowest BCUT2D eigenvalue weighted by molar-refractivity contribution is -0.149. The average molecular weight is 699 g/mol. The van der Waals surface area contributed by atoms with E-state index in [2.05, 4.69) is 27.0 Å². The van der Waals surface area contributed by atoms with Crippen molar-refractivity contribution in [2.45, 2.75) is 156 Å². The fourth-order valence-corrected chi connectivity index (χ4v) is 7.93. The summed E-state index contributed by atoms with van der Waals surface area (Å²) in [6.45, 7) is 11.9. The number of aromatic nitrogens is 4. The molecule has 0 aliphatic rings. The van der Waals surface area contributed by atoms with Gasteiger partial charge in [-0.25, -0.2) is 15.0 Å². The van der Waals surface area contributed by atoms with Gasteiger partial charge in [0.25, 0.3) is 0 Å². The van der Waals surface area contributed by atoms with Gasteiger partial charge in [0.15, 0.2) is 17.9 Å². The van der Waals surface area contributed by atoms with Gasteiger partial charge in [0, 0.05) is 13.2 Å². The molecule has 2 heterocycles. The van der Waals surface area contributed by atoms with Crippen LogP contribution in [0.4, 0.5) is 5.82 Å². The van der Waals surface area contributed by atoms with Crippen LogP contribution < -0.4 is 10.8 Å². The lowest BCUT2D eigenvalue weighted by atomic mass is 10.0. The van der Waals surface area contributed by atoms with Crippen LogP contribution in [0.25, 0.3) is 11.2 Å². The molecule has 0 radical (unpaired) electrons. The summed E-state index contributed by atoms with van der Waals surface area (Å²) < 4.78 is 25.5. The fourth-order valence-electron chi connectivity index (χ4n) is 5.26. The standard InChI is InChI=1S/C34H63N6O5PS/c1-6-7-8-9-10-11-12-13-14-15-16-17-18-19-21-42-22-20-23-44-46(47,39-30(5)34(41)45-28(2)3)27-43-29(4)24-40-26-38-31-32(35)36-25-37-33(31)40/h25-26,28-30H,6-24,27H2,1-5H3,(H,39,47)(H2,35,36,37)/t29-,30+,46?/m1/s1. The fraction of sp³-hybridized carbons (Fsp3) is 0.824. The molecule has 3 N–H and O–H groups in total. The summed E-state index contributed by atoms with van der Waals surface area (Å²) in [6, 6.07) is -0.629. The van der Waals surface area contributed by atoms with Crippen molar-refractivity contribution in [1.82, 2.24) is 24.6 Å². The van der Waals surface area contributed by atoms with E-state index >= 15 is 0 Å². The normalized spacial score (nSPS) is 14.4. The van der Waals surface area contributed by atoms with Gasteiger partial charge in [-0.2, -0.15) is 0 Å². The van der Waals surface area contributed by atoms with E-state index in [1.165, 1.54) is 89.8 Å². The molecule has 0 aliphatic carbocycles. The molecule has 0 saturated carbocycles. The lowest BCUT2D eigenvalue weighted by Crippen LogP contribution is -2.36. The Morgan fingerprint density at radius 3 is 2.09 bits per heavy atom. The topological polar surface area (TPSA) is 136 Å². The Kier molecular flexibility index (Phi) is 21.6. The highest BCUT2D eigenvalue weighted by atomic mass is 32.4.